The monoisotopic (exact) mass is 856 g/mol. The summed E-state index contributed by atoms with van der Waals surface area (Å²) in [5.74, 6) is -0.183. The van der Waals surface area contributed by atoms with Crippen LogP contribution in [0.3, 0.4) is 0 Å². The van der Waals surface area contributed by atoms with Crippen LogP contribution in [0.15, 0.2) is 24.3 Å². The molecule has 0 aromatic rings. The third kappa shape index (κ3) is 44.8. The molecule has 0 bridgehead atoms. The quantitative estimate of drug-likeness (QED) is 0.0244. The molecule has 0 spiro atoms. The summed E-state index contributed by atoms with van der Waals surface area (Å²) in [4.78, 5) is 23.2. The average Bonchev–Trinajstić information content (AvgIpc) is 3.19. The molecule has 0 aliphatic carbocycles. The van der Waals surface area contributed by atoms with Crippen molar-refractivity contribution in [3.05, 3.63) is 24.3 Å². The van der Waals surface area contributed by atoms with E-state index in [9.17, 15) is 19.4 Å². The number of unbranched alkanes of at least 4 members (excludes halogenated alkanes) is 31. The Hall–Kier alpha value is -1.02. The Bertz CT molecular complexity index is 1020. The lowest BCUT2D eigenvalue weighted by Crippen LogP contribution is -2.45. The lowest BCUT2D eigenvalue weighted by molar-refractivity contribution is -0.870. The van der Waals surface area contributed by atoms with E-state index < -0.39 is 20.0 Å². The Morgan fingerprint density at radius 2 is 0.932 bits per heavy atom. The minimum Gasteiger partial charge on any atom is -0.387 e. The molecule has 59 heavy (non-hydrogen) atoms. The minimum atomic E-state index is -4.34. The van der Waals surface area contributed by atoms with E-state index in [-0.39, 0.29) is 19.1 Å². The predicted molar refractivity (Wildman–Crippen MR) is 254 cm³/mol. The summed E-state index contributed by atoms with van der Waals surface area (Å²) < 4.78 is 23.6. The van der Waals surface area contributed by atoms with E-state index in [1.54, 1.807) is 6.08 Å². The van der Waals surface area contributed by atoms with Gasteiger partial charge in [0, 0.05) is 6.42 Å². The highest BCUT2D eigenvalue weighted by molar-refractivity contribution is 7.47. The van der Waals surface area contributed by atoms with Gasteiger partial charge in [0.05, 0.1) is 39.9 Å². The van der Waals surface area contributed by atoms with Crippen LogP contribution >= 0.6 is 7.82 Å². The molecule has 3 N–H and O–H groups in total. The van der Waals surface area contributed by atoms with Gasteiger partial charge in [-0.1, -0.05) is 224 Å². The number of hydrogen-bond donors (Lipinski definition) is 3. The second-order valence-corrected chi connectivity index (χ2v) is 20.0. The van der Waals surface area contributed by atoms with Gasteiger partial charge in [0.2, 0.25) is 5.91 Å². The number of rotatable bonds is 46. The highest BCUT2D eigenvalue weighted by Crippen LogP contribution is 2.43. The molecule has 0 aromatic carbocycles. The van der Waals surface area contributed by atoms with Gasteiger partial charge in [0.1, 0.15) is 13.2 Å². The van der Waals surface area contributed by atoms with E-state index in [0.717, 1.165) is 38.5 Å². The Kier molecular flexibility index (Phi) is 41.6. The Labute approximate surface area is 366 Å². The minimum absolute atomic E-state index is 0.0585. The number of carbonyl (C=O) groups excluding carboxylic acids is 1. The van der Waals surface area contributed by atoms with Crippen LogP contribution in [0.4, 0.5) is 0 Å². The number of carbonyl (C=O) groups is 1. The number of quaternary nitrogens is 1. The summed E-state index contributed by atoms with van der Waals surface area (Å²) >= 11 is 0. The van der Waals surface area contributed by atoms with Crippen molar-refractivity contribution in [2.24, 2.45) is 0 Å². The van der Waals surface area contributed by atoms with Crippen molar-refractivity contribution >= 4 is 13.7 Å². The lowest BCUT2D eigenvalue weighted by atomic mass is 10.0. The highest BCUT2D eigenvalue weighted by Gasteiger charge is 2.27. The SMILES string of the molecule is CCCCCCCCCCCC/C=C/CC/C=C/C(O)C(COP(=O)(O)OCC[N+](C)(C)C)NC(=O)CCCCCCCCCCCCCCCCCCCCCCC. The molecule has 0 aliphatic rings. The number of likely N-dealkylation sites (N-methyl/N-ethyl adjacent to an activating group) is 1. The average molecular weight is 856 g/mol. The van der Waals surface area contributed by atoms with Gasteiger partial charge in [-0.3, -0.25) is 13.8 Å². The van der Waals surface area contributed by atoms with Gasteiger partial charge in [-0.05, 0) is 32.1 Å². The molecular formula is C50H100N2O6P+. The number of nitrogens with zero attached hydrogens (tertiary/aromatic N) is 1. The maximum absolute atomic E-state index is 12.9. The first-order chi connectivity index (χ1) is 28.5. The molecule has 350 valence electrons. The fraction of sp³-hybridized carbons (Fsp3) is 0.900. The van der Waals surface area contributed by atoms with Gasteiger partial charge >= 0.3 is 7.82 Å². The fourth-order valence-electron chi connectivity index (χ4n) is 7.41. The van der Waals surface area contributed by atoms with Crippen molar-refractivity contribution in [3.8, 4) is 0 Å². The summed E-state index contributed by atoms with van der Waals surface area (Å²) in [5.41, 5.74) is 0. The number of nitrogens with one attached hydrogen (secondary N) is 1. The molecule has 0 heterocycles. The first-order valence-electron chi connectivity index (χ1n) is 25.2. The van der Waals surface area contributed by atoms with E-state index in [4.69, 9.17) is 9.05 Å². The maximum atomic E-state index is 12.9. The summed E-state index contributed by atoms with van der Waals surface area (Å²) in [7, 11) is 1.56. The predicted octanol–water partition coefficient (Wildman–Crippen LogP) is 14.5. The zero-order chi connectivity index (χ0) is 43.6. The van der Waals surface area contributed by atoms with Crippen molar-refractivity contribution in [3.63, 3.8) is 0 Å². The highest BCUT2D eigenvalue weighted by atomic mass is 31.2. The maximum Gasteiger partial charge on any atom is 0.472 e. The van der Waals surface area contributed by atoms with E-state index >= 15 is 0 Å². The molecule has 0 aliphatic heterocycles. The lowest BCUT2D eigenvalue weighted by Gasteiger charge is -2.25. The van der Waals surface area contributed by atoms with Gasteiger partial charge in [-0.25, -0.2) is 4.57 Å². The van der Waals surface area contributed by atoms with Crippen molar-refractivity contribution in [1.82, 2.24) is 5.32 Å². The summed E-state index contributed by atoms with van der Waals surface area (Å²) in [6, 6.07) is -0.858. The van der Waals surface area contributed by atoms with Gasteiger partial charge in [-0.15, -0.1) is 0 Å². The Morgan fingerprint density at radius 1 is 0.559 bits per heavy atom. The zero-order valence-electron chi connectivity index (χ0n) is 39.8. The Balaban J connectivity index is 4.31. The fourth-order valence-corrected chi connectivity index (χ4v) is 8.15. The molecule has 0 fully saturated rings. The molecule has 9 heteroatoms. The number of hydrogen-bond acceptors (Lipinski definition) is 5. The first kappa shape index (κ1) is 58.0. The van der Waals surface area contributed by atoms with Crippen LogP contribution in [-0.2, 0) is 18.4 Å². The zero-order valence-corrected chi connectivity index (χ0v) is 40.7. The van der Waals surface area contributed by atoms with Gasteiger partial charge < -0.3 is 19.8 Å². The third-order valence-corrected chi connectivity index (χ3v) is 12.4. The molecule has 1 amide bonds. The van der Waals surface area contributed by atoms with Crippen molar-refractivity contribution in [2.45, 2.75) is 251 Å². The molecule has 3 unspecified atom stereocenters. The second-order valence-electron chi connectivity index (χ2n) is 18.5. The normalized spacial score (nSPS) is 14.4. The third-order valence-electron chi connectivity index (χ3n) is 11.4. The molecule has 0 saturated carbocycles. The largest absolute Gasteiger partial charge is 0.472 e. The van der Waals surface area contributed by atoms with Crippen LogP contribution in [0.2, 0.25) is 0 Å². The van der Waals surface area contributed by atoms with Crippen molar-refractivity contribution < 1.29 is 32.9 Å². The number of phosphoric ester groups is 1. The molecule has 0 rings (SSSR count). The van der Waals surface area contributed by atoms with E-state index in [0.29, 0.717) is 17.4 Å². The van der Waals surface area contributed by atoms with Gasteiger partial charge in [0.15, 0.2) is 0 Å². The number of allylic oxidation sites excluding steroid dienone is 3. The van der Waals surface area contributed by atoms with Crippen LogP contribution in [0.1, 0.15) is 239 Å². The first-order valence-corrected chi connectivity index (χ1v) is 26.7. The van der Waals surface area contributed by atoms with E-state index in [1.807, 2.05) is 27.2 Å². The van der Waals surface area contributed by atoms with Crippen LogP contribution in [0.25, 0.3) is 0 Å². The molecule has 8 nitrogen and oxygen atoms in total. The van der Waals surface area contributed by atoms with Crippen LogP contribution in [0.5, 0.6) is 0 Å². The summed E-state index contributed by atoms with van der Waals surface area (Å²) in [6.07, 6.45) is 51.2. The molecule has 0 saturated heterocycles. The summed E-state index contributed by atoms with van der Waals surface area (Å²) in [6.45, 7) is 4.82. The topological polar surface area (TPSA) is 105 Å². The number of aliphatic hydroxyl groups excluding tert-OH is 1. The van der Waals surface area contributed by atoms with Crippen LogP contribution < -0.4 is 5.32 Å². The number of amides is 1. The number of aliphatic hydroxyl groups is 1. The molecule has 0 aromatic heterocycles. The van der Waals surface area contributed by atoms with Crippen molar-refractivity contribution in [1.29, 1.82) is 0 Å². The second kappa shape index (κ2) is 42.3. The number of phosphoric acid groups is 1. The van der Waals surface area contributed by atoms with Crippen LogP contribution in [-0.4, -0.2) is 73.4 Å². The molecule has 3 atom stereocenters. The van der Waals surface area contributed by atoms with Gasteiger partial charge in [-0.2, -0.15) is 0 Å². The van der Waals surface area contributed by atoms with E-state index in [1.165, 1.54) is 180 Å². The van der Waals surface area contributed by atoms with Crippen LogP contribution in [0, 0.1) is 0 Å². The summed E-state index contributed by atoms with van der Waals surface area (Å²) in [5, 5.41) is 13.9. The van der Waals surface area contributed by atoms with Crippen molar-refractivity contribution in [2.75, 3.05) is 40.9 Å². The van der Waals surface area contributed by atoms with Gasteiger partial charge in [0.25, 0.3) is 0 Å². The standard InChI is InChI=1S/C50H99N2O6P/c1-6-8-10-12-14-16-18-20-22-24-25-26-27-28-30-32-34-36-38-40-42-44-50(54)51-48(47-58-59(55,56)57-46-45-52(3,4)5)49(53)43-41-39-37-35-33-31-29-23-21-19-17-15-13-11-9-7-2/h33,35,41,43,48-49,53H,6-32,34,36-40,42,44-47H2,1-5H3,(H-,51,54,55,56)/p+1/b35-33+,43-41+. The Morgan fingerprint density at radius 3 is 1.36 bits per heavy atom. The molecular weight excluding hydrogens is 756 g/mol. The van der Waals surface area contributed by atoms with E-state index in [2.05, 4.69) is 31.3 Å². The smallest absolute Gasteiger partial charge is 0.387 e. The molecule has 0 radical (unpaired) electrons.